The molecule has 3 rings (SSSR count). The highest BCUT2D eigenvalue weighted by atomic mass is 16.3. The van der Waals surface area contributed by atoms with E-state index in [0.717, 1.165) is 27.5 Å². The summed E-state index contributed by atoms with van der Waals surface area (Å²) in [7, 11) is 0. The van der Waals surface area contributed by atoms with Gasteiger partial charge in [0.2, 0.25) is 5.91 Å². The summed E-state index contributed by atoms with van der Waals surface area (Å²) >= 11 is 0. The number of carbonyl (C=O) groups excluding carboxylic acids is 1. The Kier molecular flexibility index (Phi) is 6.01. The zero-order valence-electron chi connectivity index (χ0n) is 15.2. The van der Waals surface area contributed by atoms with E-state index in [9.17, 15) is 15.0 Å². The zero-order chi connectivity index (χ0) is 19.2. The van der Waals surface area contributed by atoms with Crippen molar-refractivity contribution in [3.05, 3.63) is 89.5 Å². The summed E-state index contributed by atoms with van der Waals surface area (Å²) in [6.07, 6.45) is 2.06. The van der Waals surface area contributed by atoms with Crippen molar-refractivity contribution >= 4 is 22.8 Å². The van der Waals surface area contributed by atoms with Crippen molar-refractivity contribution in [1.29, 1.82) is 0 Å². The van der Waals surface area contributed by atoms with Gasteiger partial charge in [0, 0.05) is 6.08 Å². The third kappa shape index (κ3) is 4.82. The molecule has 0 aliphatic rings. The van der Waals surface area contributed by atoms with E-state index in [0.29, 0.717) is 0 Å². The van der Waals surface area contributed by atoms with Crippen LogP contribution in [0, 0.1) is 6.92 Å². The third-order valence-electron chi connectivity index (χ3n) is 4.51. The Morgan fingerprint density at radius 2 is 1.74 bits per heavy atom. The molecule has 0 spiro atoms. The van der Waals surface area contributed by atoms with Crippen LogP contribution in [0.2, 0.25) is 0 Å². The van der Waals surface area contributed by atoms with Gasteiger partial charge in [0.05, 0.1) is 12.6 Å². The van der Waals surface area contributed by atoms with E-state index >= 15 is 0 Å². The first-order valence-corrected chi connectivity index (χ1v) is 8.89. The lowest BCUT2D eigenvalue weighted by Gasteiger charge is -2.23. The molecule has 2 atom stereocenters. The molecule has 0 heterocycles. The maximum atomic E-state index is 12.4. The predicted octanol–water partition coefficient (Wildman–Crippen LogP) is 3.37. The first kappa shape index (κ1) is 18.8. The Balaban J connectivity index is 1.79. The van der Waals surface area contributed by atoms with Gasteiger partial charge in [-0.3, -0.25) is 4.79 Å². The molecule has 1 amide bonds. The number of amides is 1. The second-order valence-corrected chi connectivity index (χ2v) is 6.59. The Morgan fingerprint density at radius 1 is 1.04 bits per heavy atom. The summed E-state index contributed by atoms with van der Waals surface area (Å²) in [6, 6.07) is 20.7. The molecule has 3 aromatic carbocycles. The molecular formula is C23H23NO3. The number of benzene rings is 3. The Morgan fingerprint density at radius 3 is 2.44 bits per heavy atom. The van der Waals surface area contributed by atoms with E-state index in [1.165, 1.54) is 6.08 Å². The first-order valence-electron chi connectivity index (χ1n) is 8.89. The van der Waals surface area contributed by atoms with E-state index in [2.05, 4.69) is 5.32 Å². The molecule has 0 saturated heterocycles. The third-order valence-corrected chi connectivity index (χ3v) is 4.51. The molecule has 0 bridgehead atoms. The molecule has 0 aliphatic heterocycles. The van der Waals surface area contributed by atoms with Gasteiger partial charge in [0.15, 0.2) is 0 Å². The number of nitrogens with one attached hydrogen (secondary N) is 1. The summed E-state index contributed by atoms with van der Waals surface area (Å²) in [6.45, 7) is 1.56. The lowest BCUT2D eigenvalue weighted by atomic mass is 9.98. The molecule has 0 fully saturated rings. The molecule has 0 radical (unpaired) electrons. The van der Waals surface area contributed by atoms with Crippen molar-refractivity contribution in [2.75, 3.05) is 6.61 Å². The number of aliphatic hydroxyl groups excluding tert-OH is 2. The predicted molar refractivity (Wildman–Crippen MR) is 108 cm³/mol. The summed E-state index contributed by atoms with van der Waals surface area (Å²) in [5, 5.41) is 24.5. The van der Waals surface area contributed by atoms with Crippen LogP contribution in [-0.2, 0) is 4.79 Å². The normalized spacial score (nSPS) is 13.6. The highest BCUT2D eigenvalue weighted by molar-refractivity contribution is 5.92. The molecule has 3 aromatic rings. The molecule has 0 aromatic heterocycles. The van der Waals surface area contributed by atoms with Crippen molar-refractivity contribution in [2.24, 2.45) is 0 Å². The number of fused-ring (bicyclic) bond motifs is 1. The maximum Gasteiger partial charge on any atom is 0.244 e. The highest BCUT2D eigenvalue weighted by Crippen LogP contribution is 2.23. The molecule has 4 nitrogen and oxygen atoms in total. The van der Waals surface area contributed by atoms with Gasteiger partial charge in [-0.1, -0.05) is 66.2 Å². The van der Waals surface area contributed by atoms with Gasteiger partial charge >= 0.3 is 0 Å². The Hall–Kier alpha value is -2.95. The van der Waals surface area contributed by atoms with Crippen LogP contribution in [-0.4, -0.2) is 28.8 Å². The van der Waals surface area contributed by atoms with Crippen LogP contribution in [0.4, 0.5) is 0 Å². The number of carbonyl (C=O) groups is 1. The molecule has 0 unspecified atom stereocenters. The summed E-state index contributed by atoms with van der Waals surface area (Å²) in [5.74, 6) is -0.332. The van der Waals surface area contributed by atoms with E-state index < -0.39 is 18.8 Å². The Bertz CT molecular complexity index is 947. The number of aliphatic hydroxyl groups is 2. The fraction of sp³-hybridized carbons (Fsp3) is 0.174. The van der Waals surface area contributed by atoms with Crippen LogP contribution in [0.3, 0.4) is 0 Å². The lowest BCUT2D eigenvalue weighted by molar-refractivity contribution is -0.118. The van der Waals surface area contributed by atoms with Gasteiger partial charge in [0.25, 0.3) is 0 Å². The smallest absolute Gasteiger partial charge is 0.244 e. The molecule has 27 heavy (non-hydrogen) atoms. The van der Waals surface area contributed by atoms with Gasteiger partial charge in [-0.25, -0.2) is 0 Å². The quantitative estimate of drug-likeness (QED) is 0.590. The van der Waals surface area contributed by atoms with Crippen molar-refractivity contribution in [3.63, 3.8) is 0 Å². The van der Waals surface area contributed by atoms with Crippen LogP contribution < -0.4 is 5.32 Å². The molecule has 4 heteroatoms. The second-order valence-electron chi connectivity index (χ2n) is 6.59. The van der Waals surface area contributed by atoms with Gasteiger partial charge in [-0.05, 0) is 41.0 Å². The number of rotatable bonds is 6. The van der Waals surface area contributed by atoms with Gasteiger partial charge in [-0.2, -0.15) is 0 Å². The average molecular weight is 361 g/mol. The largest absolute Gasteiger partial charge is 0.394 e. The van der Waals surface area contributed by atoms with E-state index in [1.807, 2.05) is 73.7 Å². The van der Waals surface area contributed by atoms with Crippen LogP contribution in [0.5, 0.6) is 0 Å². The van der Waals surface area contributed by atoms with E-state index in [1.54, 1.807) is 6.08 Å². The molecule has 0 saturated carbocycles. The SMILES string of the molecule is Cc1ccc(/C=C/C(=O)N[C@H](c2ccc3ccccc3c2)[C@H](O)CO)cc1. The minimum atomic E-state index is -1.09. The minimum absolute atomic E-state index is 0.332. The van der Waals surface area contributed by atoms with Crippen LogP contribution in [0.1, 0.15) is 22.7 Å². The van der Waals surface area contributed by atoms with Crippen LogP contribution in [0.25, 0.3) is 16.8 Å². The molecule has 138 valence electrons. The van der Waals surface area contributed by atoms with Gasteiger partial charge < -0.3 is 15.5 Å². The monoisotopic (exact) mass is 361 g/mol. The number of hydrogen-bond donors (Lipinski definition) is 3. The fourth-order valence-corrected chi connectivity index (χ4v) is 2.96. The molecular weight excluding hydrogens is 338 g/mol. The highest BCUT2D eigenvalue weighted by Gasteiger charge is 2.22. The fourth-order valence-electron chi connectivity index (χ4n) is 2.96. The van der Waals surface area contributed by atoms with Crippen molar-refractivity contribution in [3.8, 4) is 0 Å². The van der Waals surface area contributed by atoms with Gasteiger partial charge in [-0.15, -0.1) is 0 Å². The van der Waals surface area contributed by atoms with Crippen molar-refractivity contribution in [2.45, 2.75) is 19.1 Å². The Labute approximate surface area is 158 Å². The summed E-state index contributed by atoms with van der Waals surface area (Å²) < 4.78 is 0. The standard InChI is InChI=1S/C23H23NO3/c1-16-6-8-17(9-7-16)10-13-22(27)24-23(21(26)15-25)20-12-11-18-4-2-3-5-19(18)14-20/h2-14,21,23,25-26H,15H2,1H3,(H,24,27)/b13-10+/t21-,23-/m1/s1. The first-order chi connectivity index (χ1) is 13.1. The maximum absolute atomic E-state index is 12.4. The second kappa shape index (κ2) is 8.62. The van der Waals surface area contributed by atoms with E-state index in [-0.39, 0.29) is 5.91 Å². The van der Waals surface area contributed by atoms with Crippen LogP contribution >= 0.6 is 0 Å². The van der Waals surface area contributed by atoms with Gasteiger partial charge in [0.1, 0.15) is 6.10 Å². The van der Waals surface area contributed by atoms with Crippen molar-refractivity contribution < 1.29 is 15.0 Å². The number of hydrogen-bond acceptors (Lipinski definition) is 3. The minimum Gasteiger partial charge on any atom is -0.394 e. The van der Waals surface area contributed by atoms with Crippen molar-refractivity contribution in [1.82, 2.24) is 5.32 Å². The molecule has 0 aliphatic carbocycles. The summed E-state index contributed by atoms with van der Waals surface area (Å²) in [4.78, 5) is 12.4. The zero-order valence-corrected chi connectivity index (χ0v) is 15.2. The molecule has 3 N–H and O–H groups in total. The summed E-state index contributed by atoms with van der Waals surface area (Å²) in [5.41, 5.74) is 2.81. The lowest BCUT2D eigenvalue weighted by Crippen LogP contribution is -2.37. The van der Waals surface area contributed by atoms with E-state index in [4.69, 9.17) is 0 Å². The number of aryl methyl sites for hydroxylation is 1. The van der Waals surface area contributed by atoms with Crippen LogP contribution in [0.15, 0.2) is 72.8 Å². The topological polar surface area (TPSA) is 69.6 Å². The average Bonchev–Trinajstić information content (AvgIpc) is 2.70.